The van der Waals surface area contributed by atoms with Gasteiger partial charge in [-0.25, -0.2) is 23.2 Å². The summed E-state index contributed by atoms with van der Waals surface area (Å²) in [6.07, 6.45) is 2.03. The van der Waals surface area contributed by atoms with Crippen LogP contribution in [0.5, 0.6) is 5.75 Å². The number of aromatic nitrogens is 3. The topological polar surface area (TPSA) is 141 Å². The fourth-order valence-electron chi connectivity index (χ4n) is 5.15. The third-order valence-corrected chi connectivity index (χ3v) is 8.93. The molecule has 45 heavy (non-hydrogen) atoms. The number of ether oxygens (including phenoxy) is 2. The van der Waals surface area contributed by atoms with E-state index < -0.39 is 28.7 Å². The van der Waals surface area contributed by atoms with Crippen molar-refractivity contribution in [3.05, 3.63) is 100 Å². The second-order valence-electron chi connectivity index (χ2n) is 10.3. The standard InChI is InChI=1S/C32H27F2N3O5S2.H3N/c1-3-42-31(38)27-17-43-32(35-27)37-30(19-8-9-19)24(13-18-7-12-28(44(39)40)26(34)14-18)29(36-37)21-10-11-25(33)23(16-21)20-5-4-6-22(15-20)41-2;/h4-7,10-12,14-17,19,44H,3,8-9,13H2,1-2H3;1H3. The molecule has 0 spiro atoms. The molecular weight excluding hydrogens is 623 g/mol. The van der Waals surface area contributed by atoms with Crippen LogP contribution in [0.4, 0.5) is 8.78 Å². The molecule has 1 unspecified atom stereocenters. The Hall–Kier alpha value is -4.30. The first kappa shape index (κ1) is 32.1. The summed E-state index contributed by atoms with van der Waals surface area (Å²) in [7, 11) is 1.54. The number of rotatable bonds is 10. The lowest BCUT2D eigenvalue weighted by molar-refractivity contribution is 0.0520. The van der Waals surface area contributed by atoms with Crippen LogP contribution < -0.4 is 10.9 Å². The molecule has 6 rings (SSSR count). The highest BCUT2D eigenvalue weighted by Crippen LogP contribution is 2.46. The molecule has 0 bridgehead atoms. The molecule has 1 fully saturated rings. The van der Waals surface area contributed by atoms with Crippen molar-refractivity contribution in [1.82, 2.24) is 20.9 Å². The van der Waals surface area contributed by atoms with E-state index in [9.17, 15) is 17.9 Å². The van der Waals surface area contributed by atoms with E-state index in [2.05, 4.69) is 4.98 Å². The average molecular weight is 653 g/mol. The lowest BCUT2D eigenvalue weighted by Crippen LogP contribution is -2.07. The number of benzene rings is 3. The maximum absolute atomic E-state index is 15.2. The van der Waals surface area contributed by atoms with Crippen LogP contribution in [0, 0.1) is 11.6 Å². The Morgan fingerprint density at radius 1 is 1.09 bits per heavy atom. The number of hydrogen-bond donors (Lipinski definition) is 1. The Morgan fingerprint density at radius 3 is 2.58 bits per heavy atom. The summed E-state index contributed by atoms with van der Waals surface area (Å²) in [6, 6.07) is 15.9. The maximum atomic E-state index is 15.2. The van der Waals surface area contributed by atoms with Crippen molar-refractivity contribution >= 4 is 28.4 Å². The molecule has 0 saturated heterocycles. The highest BCUT2D eigenvalue weighted by molar-refractivity contribution is 7.79. The van der Waals surface area contributed by atoms with E-state index in [0.29, 0.717) is 38.8 Å². The van der Waals surface area contributed by atoms with E-state index in [1.807, 2.05) is 0 Å². The van der Waals surface area contributed by atoms with Crippen molar-refractivity contribution in [3.8, 4) is 33.3 Å². The first-order chi connectivity index (χ1) is 21.3. The molecule has 3 aromatic carbocycles. The number of thiol groups is 1. The summed E-state index contributed by atoms with van der Waals surface area (Å²) in [6.45, 7) is 1.93. The largest absolute Gasteiger partial charge is 0.612 e. The van der Waals surface area contributed by atoms with Crippen molar-refractivity contribution in [3.63, 3.8) is 0 Å². The minimum Gasteiger partial charge on any atom is -0.612 e. The molecule has 1 atom stereocenters. The summed E-state index contributed by atoms with van der Waals surface area (Å²) in [5.74, 6) is -1.07. The van der Waals surface area contributed by atoms with Crippen molar-refractivity contribution < 1.29 is 31.8 Å². The second kappa shape index (κ2) is 13.4. The molecular formula is C32H30F2N4O5S2. The SMILES string of the molecule is CCOC(=O)c1csc(-n2nc(-c3ccc(F)c(-c4cccc(OC)c4)c3)c(Cc3ccc([SH+](=O)[O-])c(F)c3)c2C2CC2)n1.N. The van der Waals surface area contributed by atoms with Crippen LogP contribution in [0.2, 0.25) is 0 Å². The van der Waals surface area contributed by atoms with Gasteiger partial charge in [-0.2, -0.15) is 5.10 Å². The quantitative estimate of drug-likeness (QED) is 0.0972. The number of esters is 1. The number of hydrogen-bond acceptors (Lipinski definition) is 9. The minimum atomic E-state index is -3.08. The van der Waals surface area contributed by atoms with Gasteiger partial charge in [-0.15, -0.1) is 15.5 Å². The summed E-state index contributed by atoms with van der Waals surface area (Å²) in [5, 5.41) is 7.04. The summed E-state index contributed by atoms with van der Waals surface area (Å²) in [5.41, 5.74) is 4.49. The molecule has 0 amide bonds. The van der Waals surface area contributed by atoms with Crippen molar-refractivity contribution in [2.24, 2.45) is 0 Å². The fraction of sp³-hybridized carbons (Fsp3) is 0.219. The first-order valence-corrected chi connectivity index (χ1v) is 15.9. The van der Waals surface area contributed by atoms with Crippen molar-refractivity contribution in [2.45, 2.75) is 37.0 Å². The Morgan fingerprint density at radius 2 is 1.89 bits per heavy atom. The molecule has 1 saturated carbocycles. The minimum absolute atomic E-state index is 0. The van der Waals surface area contributed by atoms with Gasteiger partial charge in [-0.3, -0.25) is 0 Å². The predicted octanol–water partition coefficient (Wildman–Crippen LogP) is 6.94. The number of carbonyl (C=O) groups excluding carboxylic acids is 1. The van der Waals surface area contributed by atoms with E-state index in [4.69, 9.17) is 14.6 Å². The molecule has 0 radical (unpaired) electrons. The molecule has 13 heteroatoms. The van der Waals surface area contributed by atoms with Gasteiger partial charge in [-0.05, 0) is 73.4 Å². The van der Waals surface area contributed by atoms with E-state index in [-0.39, 0.29) is 35.7 Å². The molecule has 1 aliphatic carbocycles. The van der Waals surface area contributed by atoms with Crippen LogP contribution in [-0.4, -0.2) is 39.0 Å². The monoisotopic (exact) mass is 652 g/mol. The van der Waals surface area contributed by atoms with E-state index in [0.717, 1.165) is 24.1 Å². The van der Waals surface area contributed by atoms with E-state index >= 15 is 4.39 Å². The van der Waals surface area contributed by atoms with Gasteiger partial charge >= 0.3 is 5.97 Å². The molecule has 2 aromatic heterocycles. The van der Waals surface area contributed by atoms with E-state index in [1.54, 1.807) is 66.6 Å². The molecule has 2 heterocycles. The molecule has 5 aromatic rings. The molecule has 234 valence electrons. The third-order valence-electron chi connectivity index (χ3n) is 7.36. The van der Waals surface area contributed by atoms with E-state index in [1.165, 1.54) is 29.5 Å². The number of carbonyl (C=O) groups is 1. The average Bonchev–Trinajstić information content (AvgIpc) is 3.60. The number of methoxy groups -OCH3 is 1. The van der Waals surface area contributed by atoms with Crippen LogP contribution in [0.25, 0.3) is 27.5 Å². The van der Waals surface area contributed by atoms with Gasteiger partial charge in [0.05, 0.1) is 36.2 Å². The number of halogens is 2. The zero-order valence-corrected chi connectivity index (χ0v) is 26.2. The lowest BCUT2D eigenvalue weighted by atomic mass is 9.95. The molecule has 0 aliphatic heterocycles. The highest BCUT2D eigenvalue weighted by Gasteiger charge is 2.34. The lowest BCUT2D eigenvalue weighted by Gasteiger charge is -2.11. The van der Waals surface area contributed by atoms with Gasteiger partial charge in [-0.1, -0.05) is 18.2 Å². The van der Waals surface area contributed by atoms with Crippen LogP contribution in [0.3, 0.4) is 0 Å². The van der Waals surface area contributed by atoms with Gasteiger partial charge in [0.1, 0.15) is 11.6 Å². The summed E-state index contributed by atoms with van der Waals surface area (Å²) >= 11 is -1.84. The molecule has 3 N–H and O–H groups in total. The Bertz CT molecular complexity index is 1900. The fourth-order valence-corrected chi connectivity index (χ4v) is 6.34. The van der Waals surface area contributed by atoms with Crippen LogP contribution in [0.1, 0.15) is 53.0 Å². The zero-order chi connectivity index (χ0) is 31.0. The van der Waals surface area contributed by atoms with Crippen molar-refractivity contribution in [1.29, 1.82) is 0 Å². The molecule has 9 nitrogen and oxygen atoms in total. The smallest absolute Gasteiger partial charge is 0.357 e. The van der Waals surface area contributed by atoms with Gasteiger partial charge in [0.15, 0.2) is 16.4 Å². The van der Waals surface area contributed by atoms with Crippen molar-refractivity contribution in [2.75, 3.05) is 13.7 Å². The van der Waals surface area contributed by atoms with Crippen LogP contribution >= 0.6 is 11.3 Å². The van der Waals surface area contributed by atoms with Gasteiger partial charge in [0, 0.05) is 34.4 Å². The Labute approximate surface area is 264 Å². The van der Waals surface area contributed by atoms with Gasteiger partial charge in [0.25, 0.3) is 0 Å². The normalized spacial score (nSPS) is 13.3. The van der Waals surface area contributed by atoms with Crippen LogP contribution in [0.15, 0.2) is 70.9 Å². The Kier molecular flexibility index (Phi) is 9.53. The number of thiazole rings is 1. The second-order valence-corrected chi connectivity index (χ2v) is 12.1. The third kappa shape index (κ3) is 6.57. The van der Waals surface area contributed by atoms with Gasteiger partial charge < -0.3 is 20.2 Å². The maximum Gasteiger partial charge on any atom is 0.357 e. The summed E-state index contributed by atoms with van der Waals surface area (Å²) in [4.78, 5) is 16.5. The van der Waals surface area contributed by atoms with Crippen LogP contribution in [-0.2, 0) is 26.4 Å². The predicted molar refractivity (Wildman–Crippen MR) is 167 cm³/mol. The molecule has 1 aliphatic rings. The Balaban J connectivity index is 0.00000400. The highest BCUT2D eigenvalue weighted by atomic mass is 32.2. The first-order valence-electron chi connectivity index (χ1n) is 13.9. The van der Waals surface area contributed by atoms with Gasteiger partial charge in [0.2, 0.25) is 5.13 Å². The summed E-state index contributed by atoms with van der Waals surface area (Å²) < 4.78 is 65.1. The number of nitrogens with zero attached hydrogens (tertiary/aromatic N) is 3. The zero-order valence-electron chi connectivity index (χ0n) is 24.5.